The number of carbonyl (C=O) groups is 10. The largest absolute Gasteiger partial charge is 0.480 e. The van der Waals surface area contributed by atoms with Crippen molar-refractivity contribution in [3.8, 4) is 0 Å². The highest BCUT2D eigenvalue weighted by atomic mass is 32.2. The second kappa shape index (κ2) is 32.1. The first-order valence-electron chi connectivity index (χ1n) is 24.2. The molecule has 71 heavy (non-hydrogen) atoms. The lowest BCUT2D eigenvalue weighted by molar-refractivity contribution is -0.368. The Morgan fingerprint density at radius 3 is 1.83 bits per heavy atom. The van der Waals surface area contributed by atoms with Gasteiger partial charge in [-0.3, -0.25) is 53.0 Å². The highest BCUT2D eigenvalue weighted by Crippen LogP contribution is 2.27. The van der Waals surface area contributed by atoms with Crippen LogP contribution < -0.4 is 48.7 Å². The molecule has 2 fully saturated rings. The van der Waals surface area contributed by atoms with E-state index < -0.39 is 139 Å². The first-order valence-corrected chi connectivity index (χ1v) is 25.3. The summed E-state index contributed by atoms with van der Waals surface area (Å²) in [6.45, 7) is 5.99. The summed E-state index contributed by atoms with van der Waals surface area (Å²) in [4.78, 5) is 131. The molecule has 2 aliphatic heterocycles. The van der Waals surface area contributed by atoms with Crippen molar-refractivity contribution in [1.82, 2.24) is 47.0 Å². The Morgan fingerprint density at radius 2 is 1.25 bits per heavy atom. The Kier molecular flexibility index (Phi) is 28.1. The van der Waals surface area contributed by atoms with Gasteiger partial charge in [0.2, 0.25) is 53.2 Å². The van der Waals surface area contributed by atoms with Gasteiger partial charge < -0.3 is 74.2 Å². The minimum absolute atomic E-state index is 0.0184. The number of carbonyl (C=O) groups excluding carboxylic acids is 9. The summed E-state index contributed by atoms with van der Waals surface area (Å²) in [6.07, 6.45) is -0.640. The highest BCUT2D eigenvalue weighted by Gasteiger charge is 2.42. The molecule has 0 aliphatic carbocycles. The van der Waals surface area contributed by atoms with E-state index in [0.29, 0.717) is 58.2 Å². The number of rotatable bonds is 33. The molecule has 0 aromatic carbocycles. The van der Waals surface area contributed by atoms with Crippen LogP contribution in [0.4, 0.5) is 0 Å². The fraction of sp³-hybridized carbons (Fsp3) is 0.773. The number of likely N-dealkylation sites (tertiary alicyclic amines) is 2. The summed E-state index contributed by atoms with van der Waals surface area (Å²) in [7, 11) is 0. The minimum atomic E-state index is -1.40. The molecule has 26 nitrogen and oxygen atoms in total. The topological polar surface area (TPSA) is 418 Å². The van der Waals surface area contributed by atoms with E-state index in [2.05, 4.69) is 48.7 Å². The van der Waals surface area contributed by atoms with Crippen molar-refractivity contribution in [3.63, 3.8) is 0 Å². The number of amides is 9. The van der Waals surface area contributed by atoms with Crippen molar-refractivity contribution < 1.29 is 84.9 Å². The summed E-state index contributed by atoms with van der Waals surface area (Å²) in [5, 5.41) is 66.0. The summed E-state index contributed by atoms with van der Waals surface area (Å²) >= 11 is 0.983. The van der Waals surface area contributed by atoms with Crippen LogP contribution in [0.5, 0.6) is 0 Å². The monoisotopic (exact) mass is 1030 g/mol. The Labute approximate surface area is 417 Å². The van der Waals surface area contributed by atoms with Gasteiger partial charge in [-0.15, -0.1) is 11.8 Å². The molecular weight excluding hydrogens is 955 g/mol. The zero-order chi connectivity index (χ0) is 53.4. The minimum Gasteiger partial charge on any atom is -0.480 e. The smallest absolute Gasteiger partial charge is 0.326 e. The lowest BCUT2D eigenvalue weighted by atomic mass is 9.94. The van der Waals surface area contributed by atoms with Gasteiger partial charge in [0.15, 0.2) is 0 Å². The zero-order valence-electron chi connectivity index (χ0n) is 41.3. The molecule has 0 aromatic heterocycles. The van der Waals surface area contributed by atoms with E-state index in [-0.39, 0.29) is 50.4 Å². The third kappa shape index (κ3) is 21.7. The van der Waals surface area contributed by atoms with Crippen LogP contribution in [-0.4, -0.2) is 212 Å². The maximum Gasteiger partial charge on any atom is 0.326 e. The van der Waals surface area contributed by atoms with Crippen molar-refractivity contribution in [2.45, 2.75) is 152 Å². The number of quaternary nitrogens is 2. The Hall–Kier alpha value is -5.03. The molecular formula is C44H79N11O15S+2. The van der Waals surface area contributed by atoms with E-state index in [1.807, 2.05) is 0 Å². The lowest BCUT2D eigenvalue weighted by Gasteiger charge is -2.43. The molecule has 27 heteroatoms. The van der Waals surface area contributed by atoms with Crippen LogP contribution in [0, 0.1) is 5.92 Å². The van der Waals surface area contributed by atoms with Crippen LogP contribution in [0.3, 0.4) is 0 Å². The predicted octanol–water partition coefficient (Wildman–Crippen LogP) is -6.96. The number of hydrogen-bond acceptors (Lipinski definition) is 16. The second-order valence-electron chi connectivity index (χ2n) is 18.3. The Balaban J connectivity index is 1.94. The highest BCUT2D eigenvalue weighted by molar-refractivity contribution is 8.00. The number of nitrogens with zero attached hydrogens (tertiary/aromatic N) is 2. The van der Waals surface area contributed by atoms with Gasteiger partial charge in [-0.25, -0.2) is 4.79 Å². The van der Waals surface area contributed by atoms with Gasteiger partial charge in [-0.05, 0) is 77.2 Å². The van der Waals surface area contributed by atoms with Gasteiger partial charge in [0, 0.05) is 32.2 Å². The SMILES string of the molecule is CC(=O)NC(CSC1CC(=O)N(CCCCN2C[C@H](O)[C@@H](O)[C@@H](O)[C@H]2CO)C1=O)C(=O)NC(CCCC[NH3+])C(=O)NCC(=O)NCC(=O)NC(C)C(=O)NC(CCCC[NH3+])C(=O)NC(CC(C)C)C(=O)O. The number of thioether (sulfide) groups is 1. The van der Waals surface area contributed by atoms with Crippen LogP contribution in [0.15, 0.2) is 0 Å². The number of aliphatic hydroxyl groups is 4. The van der Waals surface area contributed by atoms with Crippen LogP contribution in [0.2, 0.25) is 0 Å². The van der Waals surface area contributed by atoms with E-state index >= 15 is 0 Å². The van der Waals surface area contributed by atoms with E-state index in [4.69, 9.17) is 0 Å². The van der Waals surface area contributed by atoms with E-state index in [1.165, 1.54) is 13.8 Å². The third-order valence-electron chi connectivity index (χ3n) is 11.9. The molecule has 2 heterocycles. The fourth-order valence-corrected chi connectivity index (χ4v) is 9.08. The maximum absolute atomic E-state index is 13.6. The van der Waals surface area contributed by atoms with Gasteiger partial charge in [0.1, 0.15) is 42.4 Å². The number of nitrogens with one attached hydrogen (secondary N) is 7. The van der Waals surface area contributed by atoms with Crippen molar-refractivity contribution >= 4 is 70.9 Å². The van der Waals surface area contributed by atoms with Crippen LogP contribution in [-0.2, 0) is 47.9 Å². The Bertz CT molecular complexity index is 1820. The summed E-state index contributed by atoms with van der Waals surface area (Å²) in [5.74, 6) is -7.41. The number of carboxylic acid groups (broad SMARTS) is 1. The number of aliphatic hydroxyl groups excluding tert-OH is 4. The van der Waals surface area contributed by atoms with Crippen molar-refractivity contribution in [1.29, 1.82) is 0 Å². The van der Waals surface area contributed by atoms with Crippen molar-refractivity contribution in [3.05, 3.63) is 0 Å². The van der Waals surface area contributed by atoms with Gasteiger partial charge in [0.05, 0.1) is 50.2 Å². The van der Waals surface area contributed by atoms with Gasteiger partial charge in [-0.1, -0.05) is 13.8 Å². The summed E-state index contributed by atoms with van der Waals surface area (Å²) < 4.78 is 0. The molecule has 2 saturated heterocycles. The number of β-amino-alcohol motifs (C(OH)–C–C–N with tert-alkyl or cyclic N) is 1. The molecule has 2 rings (SSSR count). The number of unbranched alkanes of at least 4 members (excludes halogenated alkanes) is 3. The van der Waals surface area contributed by atoms with Gasteiger partial charge in [0.25, 0.3) is 0 Å². The lowest BCUT2D eigenvalue weighted by Crippen LogP contribution is -2.62. The number of imide groups is 1. The zero-order valence-corrected chi connectivity index (χ0v) is 42.1. The van der Waals surface area contributed by atoms with Crippen LogP contribution in [0.1, 0.15) is 91.9 Å². The first-order chi connectivity index (χ1) is 33.5. The van der Waals surface area contributed by atoms with Gasteiger partial charge >= 0.3 is 5.97 Å². The summed E-state index contributed by atoms with van der Waals surface area (Å²) in [6, 6.07) is -6.65. The van der Waals surface area contributed by atoms with Gasteiger partial charge in [-0.2, -0.15) is 0 Å². The summed E-state index contributed by atoms with van der Waals surface area (Å²) in [5.41, 5.74) is 7.55. The number of piperidine rings is 1. The molecule has 6 unspecified atom stereocenters. The molecule has 0 bridgehead atoms. The maximum atomic E-state index is 13.6. The second-order valence-corrected chi connectivity index (χ2v) is 19.5. The molecule has 2 aliphatic rings. The van der Waals surface area contributed by atoms with Crippen LogP contribution in [0.25, 0.3) is 0 Å². The molecule has 10 atom stereocenters. The van der Waals surface area contributed by atoms with E-state index in [9.17, 15) is 73.5 Å². The van der Waals surface area contributed by atoms with Crippen molar-refractivity contribution in [2.24, 2.45) is 5.92 Å². The van der Waals surface area contributed by atoms with E-state index in [1.54, 1.807) is 18.7 Å². The molecule has 0 aromatic rings. The average molecular weight is 1030 g/mol. The molecule has 0 radical (unpaired) electrons. The number of aliphatic carboxylic acids is 1. The third-order valence-corrected chi connectivity index (χ3v) is 13.2. The molecule has 0 saturated carbocycles. The predicted molar refractivity (Wildman–Crippen MR) is 255 cm³/mol. The molecule has 18 N–H and O–H groups in total. The molecule has 9 amide bonds. The fourth-order valence-electron chi connectivity index (χ4n) is 7.89. The van der Waals surface area contributed by atoms with Crippen LogP contribution >= 0.6 is 11.8 Å². The quantitative estimate of drug-likeness (QED) is 0.0215. The number of carboxylic acids is 1. The normalized spacial score (nSPS) is 21.3. The molecule has 0 spiro atoms. The van der Waals surface area contributed by atoms with E-state index in [0.717, 1.165) is 16.7 Å². The standard InChI is InChI=1S/C44H77N11O15S/c1-24(2)17-29(44(69)70)53-41(66)28(12-6-8-14-46)51-39(64)25(3)49-35(60)20-47-34(59)19-48-40(65)27(11-5-7-13-45)52-42(67)30(50-26(4)57)23-71-33-18-36(61)55(43(33)68)16-10-9-15-54-21-32(58)38(63)37(62)31(54)22-56/h24-25,27-33,37-38,56,58,62-63H,5-23,45-46H2,1-4H3,(H,47,59)(H,48,65)(H,49,60)(H,50,57)(H,51,64)(H,52,67)(H,53,66)(H,69,70)/p+2/t25?,27?,28?,29?,30?,31-,32+,33?,37+,38-/m1/s1. The molecule has 404 valence electrons. The first kappa shape index (κ1) is 62.1. The average Bonchev–Trinajstić information content (AvgIpc) is 3.58. The number of hydrogen-bond donors (Lipinski definition) is 14. The Morgan fingerprint density at radius 1 is 0.690 bits per heavy atom. The van der Waals surface area contributed by atoms with Crippen molar-refractivity contribution in [2.75, 3.05) is 58.2 Å².